The molecule has 2 amide bonds. The fourth-order valence-corrected chi connectivity index (χ4v) is 4.21. The van der Waals surface area contributed by atoms with E-state index in [1.54, 1.807) is 37.1 Å². The van der Waals surface area contributed by atoms with Crippen LogP contribution in [0.15, 0.2) is 72.0 Å². The zero-order chi connectivity index (χ0) is 24.8. The highest BCUT2D eigenvalue weighted by Crippen LogP contribution is 2.30. The first-order valence-electron chi connectivity index (χ1n) is 10.9. The molecule has 35 heavy (non-hydrogen) atoms. The second kappa shape index (κ2) is 10.9. The number of imide groups is 1. The van der Waals surface area contributed by atoms with Crippen molar-refractivity contribution in [3.63, 3.8) is 0 Å². The Morgan fingerprint density at radius 3 is 2.51 bits per heavy atom. The van der Waals surface area contributed by atoms with E-state index in [4.69, 9.17) is 9.47 Å². The lowest BCUT2D eigenvalue weighted by molar-refractivity contribution is -0.117. The number of amides is 2. The molecule has 0 aliphatic carbocycles. The number of aryl methyl sites for hydroxylation is 1. The van der Waals surface area contributed by atoms with E-state index in [0.717, 1.165) is 17.0 Å². The summed E-state index contributed by atoms with van der Waals surface area (Å²) in [6.07, 6.45) is 1.74. The van der Waals surface area contributed by atoms with E-state index >= 15 is 0 Å². The van der Waals surface area contributed by atoms with Gasteiger partial charge in [-0.15, -0.1) is 10.2 Å². The van der Waals surface area contributed by atoms with Gasteiger partial charge in [-0.05, 0) is 55.5 Å². The predicted octanol–water partition coefficient (Wildman–Crippen LogP) is 3.73. The van der Waals surface area contributed by atoms with E-state index in [9.17, 15) is 9.59 Å². The lowest BCUT2D eigenvalue weighted by atomic mass is 10.2. The van der Waals surface area contributed by atoms with Crippen molar-refractivity contribution in [2.45, 2.75) is 12.1 Å². The summed E-state index contributed by atoms with van der Waals surface area (Å²) in [5, 5.41) is 11.6. The molecule has 0 fully saturated rings. The molecule has 0 aliphatic heterocycles. The number of ether oxygens (including phenoxy) is 2. The highest BCUT2D eigenvalue weighted by atomic mass is 32.2. The summed E-state index contributed by atoms with van der Waals surface area (Å²) < 4.78 is 14.4. The van der Waals surface area contributed by atoms with E-state index in [2.05, 4.69) is 15.5 Å². The van der Waals surface area contributed by atoms with Crippen LogP contribution < -0.4 is 14.8 Å². The molecule has 0 atom stereocenters. The average Bonchev–Trinajstić information content (AvgIpc) is 3.49. The van der Waals surface area contributed by atoms with Crippen molar-refractivity contribution in [1.29, 1.82) is 0 Å². The van der Waals surface area contributed by atoms with Crippen LogP contribution in [-0.2, 0) is 11.8 Å². The zero-order valence-electron chi connectivity index (χ0n) is 19.6. The van der Waals surface area contributed by atoms with Gasteiger partial charge in [0.15, 0.2) is 11.0 Å². The Labute approximate surface area is 207 Å². The number of rotatable bonds is 9. The van der Waals surface area contributed by atoms with Crippen molar-refractivity contribution in [3.05, 3.63) is 72.6 Å². The molecular formula is C25H25N5O4S. The minimum absolute atomic E-state index is 0.0105. The lowest BCUT2D eigenvalue weighted by Gasteiger charge is -2.12. The van der Waals surface area contributed by atoms with Crippen LogP contribution in [0, 0.1) is 0 Å². The lowest BCUT2D eigenvalue weighted by Crippen LogP contribution is -2.33. The zero-order valence-corrected chi connectivity index (χ0v) is 20.4. The fourth-order valence-electron chi connectivity index (χ4n) is 3.46. The smallest absolute Gasteiger partial charge is 0.274 e. The number of hydrogen-bond acceptors (Lipinski definition) is 7. The summed E-state index contributed by atoms with van der Waals surface area (Å²) in [7, 11) is 3.35. The topological polar surface area (TPSA) is 100 Å². The van der Waals surface area contributed by atoms with Gasteiger partial charge in [-0.25, -0.2) is 0 Å². The van der Waals surface area contributed by atoms with Gasteiger partial charge < -0.3 is 14.0 Å². The third kappa shape index (κ3) is 5.55. The normalized spacial score (nSPS) is 10.7. The third-order valence-electron chi connectivity index (χ3n) is 5.13. The summed E-state index contributed by atoms with van der Waals surface area (Å²) in [6.45, 7) is 2.50. The number of aromatic nitrogens is 4. The van der Waals surface area contributed by atoms with Crippen LogP contribution in [0.3, 0.4) is 0 Å². The Kier molecular flexibility index (Phi) is 7.51. The molecule has 2 aromatic heterocycles. The Morgan fingerprint density at radius 1 is 1.03 bits per heavy atom. The molecule has 0 saturated carbocycles. The number of methoxy groups -OCH3 is 1. The summed E-state index contributed by atoms with van der Waals surface area (Å²) in [4.78, 5) is 24.9. The van der Waals surface area contributed by atoms with E-state index in [1.165, 1.54) is 11.8 Å². The third-order valence-corrected chi connectivity index (χ3v) is 6.06. The molecule has 2 heterocycles. The van der Waals surface area contributed by atoms with Crippen LogP contribution in [0.25, 0.3) is 17.1 Å². The summed E-state index contributed by atoms with van der Waals surface area (Å²) >= 11 is 1.19. The molecule has 4 aromatic rings. The van der Waals surface area contributed by atoms with Gasteiger partial charge in [0, 0.05) is 24.5 Å². The van der Waals surface area contributed by atoms with Crippen molar-refractivity contribution in [3.8, 4) is 28.6 Å². The molecule has 0 bridgehead atoms. The Balaban J connectivity index is 1.60. The predicted molar refractivity (Wildman–Crippen MR) is 133 cm³/mol. The first-order chi connectivity index (χ1) is 17.0. The standard InChI is InChI=1S/C25H25N5O4S/c1-4-34-19-12-10-18(11-13-19)30-23(17-7-5-8-20(15-17)33-3)27-28-25(30)35-16-22(31)26-24(32)21-9-6-14-29(21)2/h5-15H,4,16H2,1-3H3,(H,26,31,32). The highest BCUT2D eigenvalue weighted by molar-refractivity contribution is 7.99. The fraction of sp³-hybridized carbons (Fsp3) is 0.200. The quantitative estimate of drug-likeness (QED) is 0.356. The van der Waals surface area contributed by atoms with Crippen LogP contribution in [0.1, 0.15) is 17.4 Å². The van der Waals surface area contributed by atoms with Crippen LogP contribution in [0.4, 0.5) is 0 Å². The highest BCUT2D eigenvalue weighted by Gasteiger charge is 2.19. The number of nitrogens with one attached hydrogen (secondary N) is 1. The van der Waals surface area contributed by atoms with Gasteiger partial charge >= 0.3 is 0 Å². The number of thioether (sulfide) groups is 1. The maximum Gasteiger partial charge on any atom is 0.274 e. The maximum atomic E-state index is 12.5. The molecule has 9 nitrogen and oxygen atoms in total. The van der Waals surface area contributed by atoms with Gasteiger partial charge in [-0.3, -0.25) is 19.5 Å². The molecule has 0 saturated heterocycles. The molecule has 4 rings (SSSR count). The van der Waals surface area contributed by atoms with Gasteiger partial charge in [0.1, 0.15) is 17.2 Å². The van der Waals surface area contributed by atoms with Crippen LogP contribution in [-0.4, -0.2) is 50.6 Å². The molecule has 2 aromatic carbocycles. The number of carbonyl (C=O) groups is 2. The molecule has 0 unspecified atom stereocenters. The monoisotopic (exact) mass is 491 g/mol. The maximum absolute atomic E-state index is 12.5. The Bertz CT molecular complexity index is 1330. The number of carbonyl (C=O) groups excluding carboxylic acids is 2. The summed E-state index contributed by atoms with van der Waals surface area (Å²) in [6, 6.07) is 18.5. The van der Waals surface area contributed by atoms with Gasteiger partial charge in [-0.2, -0.15) is 0 Å². The van der Waals surface area contributed by atoms with E-state index < -0.39 is 11.8 Å². The van der Waals surface area contributed by atoms with Crippen molar-refractivity contribution < 1.29 is 19.1 Å². The molecule has 0 aliphatic rings. The SMILES string of the molecule is CCOc1ccc(-n2c(SCC(=O)NC(=O)c3cccn3C)nnc2-c2cccc(OC)c2)cc1. The Morgan fingerprint density at radius 2 is 1.83 bits per heavy atom. The van der Waals surface area contributed by atoms with Crippen LogP contribution >= 0.6 is 11.8 Å². The number of nitrogens with zero attached hydrogens (tertiary/aromatic N) is 4. The summed E-state index contributed by atoms with van der Waals surface area (Å²) in [5.41, 5.74) is 2.02. The first-order valence-corrected chi connectivity index (χ1v) is 11.9. The second-order valence-corrected chi connectivity index (χ2v) is 8.41. The minimum Gasteiger partial charge on any atom is -0.497 e. The van der Waals surface area contributed by atoms with Gasteiger partial charge in [0.25, 0.3) is 5.91 Å². The van der Waals surface area contributed by atoms with Crippen LogP contribution in [0.5, 0.6) is 11.5 Å². The van der Waals surface area contributed by atoms with E-state index in [-0.39, 0.29) is 5.75 Å². The molecular weight excluding hydrogens is 466 g/mol. The minimum atomic E-state index is -0.451. The largest absolute Gasteiger partial charge is 0.497 e. The van der Waals surface area contributed by atoms with Crippen molar-refractivity contribution >= 4 is 23.6 Å². The van der Waals surface area contributed by atoms with E-state index in [1.807, 2.05) is 60.0 Å². The molecule has 0 radical (unpaired) electrons. The van der Waals surface area contributed by atoms with Gasteiger partial charge in [0.05, 0.1) is 19.5 Å². The Hall–Kier alpha value is -4.05. The van der Waals surface area contributed by atoms with Gasteiger partial charge in [-0.1, -0.05) is 23.9 Å². The van der Waals surface area contributed by atoms with Crippen molar-refractivity contribution in [1.82, 2.24) is 24.6 Å². The van der Waals surface area contributed by atoms with Gasteiger partial charge in [0.2, 0.25) is 5.91 Å². The first kappa shape index (κ1) is 24.1. The number of hydrogen-bond donors (Lipinski definition) is 1. The number of benzene rings is 2. The van der Waals surface area contributed by atoms with E-state index in [0.29, 0.717) is 29.0 Å². The van der Waals surface area contributed by atoms with Crippen LogP contribution in [0.2, 0.25) is 0 Å². The van der Waals surface area contributed by atoms with Crippen molar-refractivity contribution in [2.75, 3.05) is 19.5 Å². The molecule has 1 N–H and O–H groups in total. The summed E-state index contributed by atoms with van der Waals surface area (Å²) in [5.74, 6) is 1.15. The molecule has 0 spiro atoms. The average molecular weight is 492 g/mol. The second-order valence-electron chi connectivity index (χ2n) is 7.47. The molecule has 180 valence electrons. The molecule has 10 heteroatoms. The van der Waals surface area contributed by atoms with Crippen molar-refractivity contribution in [2.24, 2.45) is 7.05 Å².